The van der Waals surface area contributed by atoms with E-state index in [9.17, 15) is 18.0 Å². The fourth-order valence-electron chi connectivity index (χ4n) is 4.39. The number of benzene rings is 2. The van der Waals surface area contributed by atoms with E-state index in [0.717, 1.165) is 45.2 Å². The summed E-state index contributed by atoms with van der Waals surface area (Å²) in [7, 11) is 5.13. The number of carbonyl (C=O) groups excluding carboxylic acids is 1. The van der Waals surface area contributed by atoms with Crippen LogP contribution in [0.4, 0.5) is 23.7 Å². The van der Waals surface area contributed by atoms with Gasteiger partial charge in [0.1, 0.15) is 11.4 Å². The molecule has 3 N–H and O–H groups in total. The van der Waals surface area contributed by atoms with Crippen LogP contribution in [0.1, 0.15) is 5.56 Å². The fourth-order valence-corrected chi connectivity index (χ4v) is 4.39. The summed E-state index contributed by atoms with van der Waals surface area (Å²) in [5, 5.41) is 7.15. The van der Waals surface area contributed by atoms with Crippen molar-refractivity contribution in [3.8, 4) is 28.5 Å². The van der Waals surface area contributed by atoms with Gasteiger partial charge in [-0.1, -0.05) is 0 Å². The van der Waals surface area contributed by atoms with Gasteiger partial charge in [0.15, 0.2) is 11.5 Å². The zero-order valence-corrected chi connectivity index (χ0v) is 21.1. The van der Waals surface area contributed by atoms with E-state index in [4.69, 9.17) is 9.47 Å². The van der Waals surface area contributed by atoms with Crippen LogP contribution in [-0.4, -0.2) is 41.1 Å². The van der Waals surface area contributed by atoms with Gasteiger partial charge in [-0.15, -0.1) is 13.2 Å². The molecule has 202 valence electrons. The molecule has 39 heavy (non-hydrogen) atoms. The van der Waals surface area contributed by atoms with Crippen LogP contribution in [-0.2, 0) is 13.6 Å². The molecule has 0 fully saturated rings. The Morgan fingerprint density at radius 3 is 2.44 bits per heavy atom. The third-order valence-corrected chi connectivity index (χ3v) is 6.19. The molecule has 0 saturated carbocycles. The van der Waals surface area contributed by atoms with Gasteiger partial charge in [-0.3, -0.25) is 0 Å². The van der Waals surface area contributed by atoms with Crippen LogP contribution in [0.15, 0.2) is 60.9 Å². The Kier molecular flexibility index (Phi) is 6.69. The highest BCUT2D eigenvalue weighted by Gasteiger charge is 2.31. The minimum Gasteiger partial charge on any atom is -0.493 e. The predicted octanol–water partition coefficient (Wildman–Crippen LogP) is 5.96. The molecule has 0 spiro atoms. The summed E-state index contributed by atoms with van der Waals surface area (Å²) in [5.74, 6) is 0.873. The number of alkyl halides is 3. The van der Waals surface area contributed by atoms with Crippen molar-refractivity contribution in [3.05, 3.63) is 66.5 Å². The van der Waals surface area contributed by atoms with E-state index < -0.39 is 12.4 Å². The Morgan fingerprint density at radius 2 is 1.74 bits per heavy atom. The van der Waals surface area contributed by atoms with E-state index in [1.165, 1.54) is 12.1 Å². The van der Waals surface area contributed by atoms with Gasteiger partial charge in [0.05, 0.1) is 19.7 Å². The predicted molar refractivity (Wildman–Crippen MR) is 140 cm³/mol. The van der Waals surface area contributed by atoms with E-state index in [0.29, 0.717) is 22.8 Å². The number of urea groups is 1. The first-order valence-corrected chi connectivity index (χ1v) is 11.7. The number of carbonyl (C=O) groups is 1. The Morgan fingerprint density at radius 1 is 1.03 bits per heavy atom. The number of nitrogens with zero attached hydrogens (tertiary/aromatic N) is 2. The number of ether oxygens (including phenoxy) is 3. The first-order chi connectivity index (χ1) is 18.6. The molecular formula is C27H24F3N5O4. The number of aromatic nitrogens is 3. The molecule has 0 atom stereocenters. The van der Waals surface area contributed by atoms with Crippen LogP contribution in [0.2, 0.25) is 0 Å². The van der Waals surface area contributed by atoms with Crippen molar-refractivity contribution >= 4 is 33.7 Å². The SMILES string of the molecule is COc1cc2c(-c3cc4c(CNC(=O)Nc5ccc(OC(F)(F)F)cc5)ccnc4[nH]3)cn(C)c2cc1OC. The average molecular weight is 540 g/mol. The molecule has 5 rings (SSSR count). The average Bonchev–Trinajstić information content (AvgIpc) is 3.48. The van der Waals surface area contributed by atoms with Gasteiger partial charge in [-0.25, -0.2) is 9.78 Å². The topological polar surface area (TPSA) is 102 Å². The number of methoxy groups -OCH3 is 2. The van der Waals surface area contributed by atoms with Gasteiger partial charge >= 0.3 is 12.4 Å². The van der Waals surface area contributed by atoms with Crippen LogP contribution >= 0.6 is 0 Å². The smallest absolute Gasteiger partial charge is 0.493 e. The highest BCUT2D eigenvalue weighted by atomic mass is 19.4. The van der Waals surface area contributed by atoms with E-state index in [1.54, 1.807) is 26.5 Å². The van der Waals surface area contributed by atoms with Gasteiger partial charge in [0, 0.05) is 59.8 Å². The largest absolute Gasteiger partial charge is 0.573 e. The number of hydrogen-bond acceptors (Lipinski definition) is 5. The minimum absolute atomic E-state index is 0.192. The Balaban J connectivity index is 1.34. The summed E-state index contributed by atoms with van der Waals surface area (Å²) < 4.78 is 53.8. The van der Waals surface area contributed by atoms with Crippen LogP contribution < -0.4 is 24.8 Å². The molecule has 12 heteroatoms. The molecule has 0 radical (unpaired) electrons. The summed E-state index contributed by atoms with van der Waals surface area (Å²) in [6.45, 7) is 0.192. The van der Waals surface area contributed by atoms with E-state index >= 15 is 0 Å². The van der Waals surface area contributed by atoms with Crippen molar-refractivity contribution in [2.24, 2.45) is 7.05 Å². The molecule has 0 aliphatic carbocycles. The van der Waals surface area contributed by atoms with Gasteiger partial charge in [0.2, 0.25) is 0 Å². The van der Waals surface area contributed by atoms with Gasteiger partial charge in [0.25, 0.3) is 0 Å². The molecule has 3 heterocycles. The molecule has 0 unspecified atom stereocenters. The molecule has 9 nitrogen and oxygen atoms in total. The molecular weight excluding hydrogens is 515 g/mol. The van der Waals surface area contributed by atoms with Crippen molar-refractivity contribution in [2.45, 2.75) is 12.9 Å². The van der Waals surface area contributed by atoms with E-state index in [-0.39, 0.29) is 12.3 Å². The zero-order chi connectivity index (χ0) is 27.7. The first-order valence-electron chi connectivity index (χ1n) is 11.7. The van der Waals surface area contributed by atoms with Crippen molar-refractivity contribution in [1.29, 1.82) is 0 Å². The van der Waals surface area contributed by atoms with Gasteiger partial charge in [-0.05, 0) is 48.0 Å². The summed E-state index contributed by atoms with van der Waals surface area (Å²) in [5.41, 5.74) is 4.54. The lowest BCUT2D eigenvalue weighted by atomic mass is 10.1. The first kappa shape index (κ1) is 25.8. The lowest BCUT2D eigenvalue weighted by Gasteiger charge is -2.11. The lowest BCUT2D eigenvalue weighted by Crippen LogP contribution is -2.28. The molecule has 0 aliphatic heterocycles. The maximum absolute atomic E-state index is 12.4. The van der Waals surface area contributed by atoms with Crippen molar-refractivity contribution in [3.63, 3.8) is 0 Å². The summed E-state index contributed by atoms with van der Waals surface area (Å²) in [6.07, 6.45) is -1.13. The molecule has 2 amide bonds. The number of hydrogen-bond donors (Lipinski definition) is 3. The second kappa shape index (κ2) is 10.1. The second-order valence-corrected chi connectivity index (χ2v) is 8.67. The number of aryl methyl sites for hydroxylation is 1. The minimum atomic E-state index is -4.78. The van der Waals surface area contributed by atoms with Crippen molar-refractivity contribution < 1.29 is 32.2 Å². The molecule has 0 bridgehead atoms. The number of amides is 2. The maximum Gasteiger partial charge on any atom is 0.573 e. The third-order valence-electron chi connectivity index (χ3n) is 6.19. The normalized spacial score (nSPS) is 11.5. The Bertz CT molecular complexity index is 1660. The monoisotopic (exact) mass is 539 g/mol. The Labute approximate surface area is 220 Å². The van der Waals surface area contributed by atoms with Gasteiger partial charge in [-0.2, -0.15) is 0 Å². The van der Waals surface area contributed by atoms with Crippen LogP contribution in [0, 0.1) is 0 Å². The molecule has 3 aromatic heterocycles. The number of nitrogens with one attached hydrogen (secondary N) is 3. The quantitative estimate of drug-likeness (QED) is 0.237. The number of aromatic amines is 1. The van der Waals surface area contributed by atoms with E-state index in [1.807, 2.05) is 36.0 Å². The fraction of sp³-hybridized carbons (Fsp3) is 0.185. The van der Waals surface area contributed by atoms with Crippen LogP contribution in [0.5, 0.6) is 17.2 Å². The second-order valence-electron chi connectivity index (χ2n) is 8.67. The number of H-pyrrole nitrogens is 1. The number of anilines is 1. The van der Waals surface area contributed by atoms with E-state index in [2.05, 4.69) is 25.3 Å². The third kappa shape index (κ3) is 5.40. The van der Waals surface area contributed by atoms with Crippen molar-refractivity contribution in [2.75, 3.05) is 19.5 Å². The summed E-state index contributed by atoms with van der Waals surface area (Å²) >= 11 is 0. The zero-order valence-electron chi connectivity index (χ0n) is 21.1. The molecule has 0 saturated heterocycles. The number of pyridine rings is 1. The lowest BCUT2D eigenvalue weighted by molar-refractivity contribution is -0.274. The summed E-state index contributed by atoms with van der Waals surface area (Å²) in [4.78, 5) is 20.2. The van der Waals surface area contributed by atoms with Crippen LogP contribution in [0.25, 0.3) is 33.2 Å². The molecule has 0 aliphatic rings. The van der Waals surface area contributed by atoms with Crippen molar-refractivity contribution in [1.82, 2.24) is 19.9 Å². The number of fused-ring (bicyclic) bond motifs is 2. The number of rotatable bonds is 7. The Hall–Kier alpha value is -4.87. The highest BCUT2D eigenvalue weighted by molar-refractivity contribution is 6.00. The van der Waals surface area contributed by atoms with Crippen LogP contribution in [0.3, 0.4) is 0 Å². The molecule has 2 aromatic carbocycles. The van der Waals surface area contributed by atoms with Gasteiger partial charge < -0.3 is 34.4 Å². The number of halogens is 3. The highest BCUT2D eigenvalue weighted by Crippen LogP contribution is 2.38. The summed E-state index contributed by atoms with van der Waals surface area (Å²) in [6, 6.07) is 12.0. The standard InChI is InChI=1S/C27H24F3N5O4/c1-35-14-20(19-11-23(37-2)24(38-3)12-22(19)35)21-10-18-15(8-9-31-25(18)34-21)13-32-26(36)33-16-4-6-17(7-5-16)39-27(28,29)30/h4-12,14H,13H2,1-3H3,(H,31,34)(H2,32,33,36). The maximum atomic E-state index is 12.4. The molecule has 5 aromatic rings.